The molecule has 0 radical (unpaired) electrons. The van der Waals surface area contributed by atoms with Crippen LogP contribution in [0.2, 0.25) is 0 Å². The van der Waals surface area contributed by atoms with Crippen molar-refractivity contribution in [2.45, 2.75) is 25.0 Å². The van der Waals surface area contributed by atoms with E-state index in [-0.39, 0.29) is 5.82 Å². The summed E-state index contributed by atoms with van der Waals surface area (Å²) in [6.07, 6.45) is 2.18. The van der Waals surface area contributed by atoms with E-state index in [1.54, 1.807) is 13.2 Å². The first-order valence-corrected chi connectivity index (χ1v) is 6.03. The predicted molar refractivity (Wildman–Crippen MR) is 66.1 cm³/mol. The predicted octanol–water partition coefficient (Wildman–Crippen LogP) is 3.19. The molecule has 0 amide bonds. The quantitative estimate of drug-likeness (QED) is 0.832. The summed E-state index contributed by atoms with van der Waals surface area (Å²) in [6.45, 7) is 0. The molecule has 5 heteroatoms. The summed E-state index contributed by atoms with van der Waals surface area (Å²) in [6, 6.07) is 5.37. The third-order valence-electron chi connectivity index (χ3n) is 3.47. The Morgan fingerprint density at radius 2 is 2.24 bits per heavy atom. The highest BCUT2D eigenvalue weighted by atomic mass is 32.1. The SMILES string of the molecule is COC1CC(n2c(=S)[nH]c3c(F)cccc32)C1. The smallest absolute Gasteiger partial charge is 0.178 e. The van der Waals surface area contributed by atoms with Crippen molar-refractivity contribution in [1.82, 2.24) is 9.55 Å². The lowest BCUT2D eigenvalue weighted by Gasteiger charge is -2.35. The average Bonchev–Trinajstić information content (AvgIpc) is 2.57. The molecule has 0 atom stereocenters. The highest BCUT2D eigenvalue weighted by Gasteiger charge is 2.31. The molecule has 0 aliphatic heterocycles. The van der Waals surface area contributed by atoms with Crippen molar-refractivity contribution in [3.8, 4) is 0 Å². The zero-order chi connectivity index (χ0) is 12.0. The van der Waals surface area contributed by atoms with Crippen LogP contribution in [-0.2, 0) is 4.74 Å². The van der Waals surface area contributed by atoms with Crippen molar-refractivity contribution >= 4 is 23.3 Å². The van der Waals surface area contributed by atoms with E-state index in [0.717, 1.165) is 18.4 Å². The number of hydrogen-bond acceptors (Lipinski definition) is 2. The summed E-state index contributed by atoms with van der Waals surface area (Å²) in [5.41, 5.74) is 1.34. The summed E-state index contributed by atoms with van der Waals surface area (Å²) in [7, 11) is 1.72. The van der Waals surface area contributed by atoms with Gasteiger partial charge >= 0.3 is 0 Å². The Kier molecular flexibility index (Phi) is 2.52. The first-order valence-electron chi connectivity index (χ1n) is 5.62. The monoisotopic (exact) mass is 252 g/mol. The van der Waals surface area contributed by atoms with Crippen molar-refractivity contribution in [3.05, 3.63) is 28.8 Å². The molecule has 2 aromatic rings. The van der Waals surface area contributed by atoms with E-state index >= 15 is 0 Å². The van der Waals surface area contributed by atoms with Crippen molar-refractivity contribution in [1.29, 1.82) is 0 Å². The van der Waals surface area contributed by atoms with Crippen LogP contribution in [0.1, 0.15) is 18.9 Å². The van der Waals surface area contributed by atoms with Gasteiger partial charge in [0.2, 0.25) is 0 Å². The first kappa shape index (κ1) is 10.9. The van der Waals surface area contributed by atoms with E-state index in [1.165, 1.54) is 6.07 Å². The minimum absolute atomic E-state index is 0.255. The fourth-order valence-electron chi connectivity index (χ4n) is 2.42. The number of hydrogen-bond donors (Lipinski definition) is 1. The molecule has 1 heterocycles. The fraction of sp³-hybridized carbons (Fsp3) is 0.417. The number of aromatic nitrogens is 2. The second-order valence-electron chi connectivity index (χ2n) is 4.42. The van der Waals surface area contributed by atoms with Gasteiger partial charge in [-0.15, -0.1) is 0 Å². The Morgan fingerprint density at radius 1 is 1.47 bits per heavy atom. The molecule has 1 aromatic carbocycles. The Balaban J connectivity index is 2.08. The van der Waals surface area contributed by atoms with Crippen LogP contribution < -0.4 is 0 Å². The number of aromatic amines is 1. The van der Waals surface area contributed by atoms with Gasteiger partial charge in [-0.05, 0) is 37.2 Å². The second kappa shape index (κ2) is 3.92. The summed E-state index contributed by atoms with van der Waals surface area (Å²) in [5.74, 6) is -0.255. The number of para-hydroxylation sites is 1. The number of benzene rings is 1. The fourth-order valence-corrected chi connectivity index (χ4v) is 2.77. The molecule has 90 valence electrons. The molecule has 1 fully saturated rings. The molecule has 1 saturated carbocycles. The molecule has 1 aliphatic rings. The highest BCUT2D eigenvalue weighted by molar-refractivity contribution is 7.71. The van der Waals surface area contributed by atoms with Gasteiger partial charge in [-0.2, -0.15) is 0 Å². The van der Waals surface area contributed by atoms with Gasteiger partial charge < -0.3 is 14.3 Å². The topological polar surface area (TPSA) is 29.9 Å². The summed E-state index contributed by atoms with van der Waals surface area (Å²) in [5, 5.41) is 0. The van der Waals surface area contributed by atoms with Gasteiger partial charge in [-0.3, -0.25) is 0 Å². The molecule has 1 aliphatic carbocycles. The first-order chi connectivity index (χ1) is 8.20. The van der Waals surface area contributed by atoms with Crippen LogP contribution in [-0.4, -0.2) is 22.8 Å². The lowest BCUT2D eigenvalue weighted by Crippen LogP contribution is -2.32. The molecule has 0 unspecified atom stereocenters. The van der Waals surface area contributed by atoms with E-state index in [0.29, 0.717) is 22.4 Å². The van der Waals surface area contributed by atoms with E-state index < -0.39 is 0 Å². The van der Waals surface area contributed by atoms with Crippen molar-refractivity contribution in [2.24, 2.45) is 0 Å². The van der Waals surface area contributed by atoms with Gasteiger partial charge in [-0.1, -0.05) is 6.07 Å². The maximum absolute atomic E-state index is 13.6. The molecule has 0 bridgehead atoms. The maximum Gasteiger partial charge on any atom is 0.178 e. The number of nitrogens with one attached hydrogen (secondary N) is 1. The lowest BCUT2D eigenvalue weighted by atomic mass is 9.89. The molecule has 0 saturated heterocycles. The van der Waals surface area contributed by atoms with Gasteiger partial charge in [-0.25, -0.2) is 4.39 Å². The van der Waals surface area contributed by atoms with E-state index in [9.17, 15) is 4.39 Å². The number of ether oxygens (including phenoxy) is 1. The Morgan fingerprint density at radius 3 is 2.94 bits per heavy atom. The van der Waals surface area contributed by atoms with E-state index in [4.69, 9.17) is 17.0 Å². The van der Waals surface area contributed by atoms with Gasteiger partial charge in [0, 0.05) is 13.2 Å². The Hall–Kier alpha value is -1.20. The number of imidazole rings is 1. The molecule has 1 N–H and O–H groups in total. The molecule has 1 aromatic heterocycles. The minimum Gasteiger partial charge on any atom is -0.381 e. The molecule has 3 rings (SSSR count). The largest absolute Gasteiger partial charge is 0.381 e. The van der Waals surface area contributed by atoms with Gasteiger partial charge in [0.25, 0.3) is 0 Å². The van der Waals surface area contributed by atoms with Crippen LogP contribution >= 0.6 is 12.2 Å². The van der Waals surface area contributed by atoms with Gasteiger partial charge in [0.05, 0.1) is 11.6 Å². The third-order valence-corrected chi connectivity index (χ3v) is 3.77. The van der Waals surface area contributed by atoms with Crippen molar-refractivity contribution < 1.29 is 9.13 Å². The van der Waals surface area contributed by atoms with Crippen LogP contribution in [0.25, 0.3) is 11.0 Å². The van der Waals surface area contributed by atoms with Gasteiger partial charge in [0.1, 0.15) is 11.3 Å². The van der Waals surface area contributed by atoms with Crippen LogP contribution in [0.15, 0.2) is 18.2 Å². The Bertz CT molecular complexity index is 612. The number of halogens is 1. The van der Waals surface area contributed by atoms with E-state index in [1.807, 2.05) is 10.6 Å². The summed E-state index contributed by atoms with van der Waals surface area (Å²) >= 11 is 5.26. The Labute approximate surface area is 103 Å². The van der Waals surface area contributed by atoms with Crippen LogP contribution in [0.5, 0.6) is 0 Å². The summed E-state index contributed by atoms with van der Waals surface area (Å²) in [4.78, 5) is 2.94. The minimum atomic E-state index is -0.255. The van der Waals surface area contributed by atoms with Crippen molar-refractivity contribution in [2.75, 3.05) is 7.11 Å². The van der Waals surface area contributed by atoms with Crippen LogP contribution in [0, 0.1) is 10.6 Å². The highest BCUT2D eigenvalue weighted by Crippen LogP contribution is 2.36. The van der Waals surface area contributed by atoms with Crippen LogP contribution in [0.4, 0.5) is 4.39 Å². The van der Waals surface area contributed by atoms with Gasteiger partial charge in [0.15, 0.2) is 4.77 Å². The normalized spacial score (nSPS) is 23.9. The number of nitrogens with zero attached hydrogens (tertiary/aromatic N) is 1. The van der Waals surface area contributed by atoms with Crippen molar-refractivity contribution in [3.63, 3.8) is 0 Å². The standard InChI is InChI=1S/C12H13FN2OS/c1-16-8-5-7(6-8)15-10-4-2-3-9(13)11(10)14-12(15)17/h2-4,7-8H,5-6H2,1H3,(H,14,17). The summed E-state index contributed by atoms with van der Waals surface area (Å²) < 4.78 is 21.4. The number of fused-ring (bicyclic) bond motifs is 1. The number of rotatable bonds is 2. The maximum atomic E-state index is 13.6. The van der Waals surface area contributed by atoms with Crippen LogP contribution in [0.3, 0.4) is 0 Å². The molecule has 3 nitrogen and oxygen atoms in total. The zero-order valence-corrected chi connectivity index (χ0v) is 10.3. The zero-order valence-electron chi connectivity index (χ0n) is 9.44. The molecular formula is C12H13FN2OS. The second-order valence-corrected chi connectivity index (χ2v) is 4.80. The lowest BCUT2D eigenvalue weighted by molar-refractivity contribution is 0.00698. The van der Waals surface area contributed by atoms with E-state index in [2.05, 4.69) is 4.98 Å². The number of methoxy groups -OCH3 is 1. The average molecular weight is 252 g/mol. The molecular weight excluding hydrogens is 239 g/mol. The number of H-pyrrole nitrogens is 1. The molecule has 17 heavy (non-hydrogen) atoms. The third kappa shape index (κ3) is 1.61. The molecule has 0 spiro atoms.